The third-order valence-corrected chi connectivity index (χ3v) is 4.20. The Morgan fingerprint density at radius 3 is 2.86 bits per heavy atom. The minimum atomic E-state index is -0.264. The summed E-state index contributed by atoms with van der Waals surface area (Å²) < 4.78 is 13.1. The summed E-state index contributed by atoms with van der Waals surface area (Å²) in [6, 6.07) is 6.16. The standard InChI is InChI=1S/C14H15FN4OS/c15-11-6-4-10(5-7-11)12-3-1-2-8-19(12)14(20)17-13-18-16-9-21-13/h4-7,9,12H,1-3,8H2,(H,17,18,20)/t12-/m1/s1. The molecule has 1 atom stereocenters. The number of carbonyl (C=O) groups excluding carboxylic acids is 1. The van der Waals surface area contributed by atoms with Gasteiger partial charge in [-0.3, -0.25) is 5.32 Å². The van der Waals surface area contributed by atoms with E-state index >= 15 is 0 Å². The highest BCUT2D eigenvalue weighted by Crippen LogP contribution is 2.31. The molecule has 0 radical (unpaired) electrons. The average molecular weight is 306 g/mol. The third-order valence-electron chi connectivity index (χ3n) is 3.59. The molecule has 0 bridgehead atoms. The minimum absolute atomic E-state index is 0.0210. The molecule has 2 amide bonds. The first kappa shape index (κ1) is 13.9. The smallest absolute Gasteiger partial charge is 0.317 e. The Kier molecular flexibility index (Phi) is 4.10. The molecule has 7 heteroatoms. The topological polar surface area (TPSA) is 58.1 Å². The molecule has 21 heavy (non-hydrogen) atoms. The van der Waals surface area contributed by atoms with Crippen LogP contribution in [0, 0.1) is 5.82 Å². The molecule has 1 fully saturated rings. The second-order valence-corrected chi connectivity index (χ2v) is 5.76. The van der Waals surface area contributed by atoms with Gasteiger partial charge in [-0.15, -0.1) is 10.2 Å². The van der Waals surface area contributed by atoms with Crippen molar-refractivity contribution in [2.24, 2.45) is 0 Å². The fourth-order valence-electron chi connectivity index (χ4n) is 2.60. The summed E-state index contributed by atoms with van der Waals surface area (Å²) in [5.74, 6) is -0.264. The second kappa shape index (κ2) is 6.17. The lowest BCUT2D eigenvalue weighted by Crippen LogP contribution is -2.41. The van der Waals surface area contributed by atoms with Crippen molar-refractivity contribution in [3.63, 3.8) is 0 Å². The highest BCUT2D eigenvalue weighted by molar-refractivity contribution is 7.13. The molecule has 0 aliphatic carbocycles. The van der Waals surface area contributed by atoms with Gasteiger partial charge < -0.3 is 4.90 Å². The SMILES string of the molecule is O=C(Nc1nncs1)N1CCCC[C@@H]1c1ccc(F)cc1. The number of hydrogen-bond donors (Lipinski definition) is 1. The molecule has 5 nitrogen and oxygen atoms in total. The number of likely N-dealkylation sites (tertiary alicyclic amines) is 1. The molecule has 1 aliphatic heterocycles. The molecule has 1 N–H and O–H groups in total. The molecule has 110 valence electrons. The summed E-state index contributed by atoms with van der Waals surface area (Å²) in [7, 11) is 0. The number of piperidine rings is 1. The van der Waals surface area contributed by atoms with Crippen LogP contribution in [-0.4, -0.2) is 27.7 Å². The number of carbonyl (C=O) groups is 1. The van der Waals surface area contributed by atoms with Gasteiger partial charge in [0, 0.05) is 6.54 Å². The van der Waals surface area contributed by atoms with Crippen molar-refractivity contribution in [3.8, 4) is 0 Å². The van der Waals surface area contributed by atoms with E-state index in [4.69, 9.17) is 0 Å². The molecule has 1 saturated heterocycles. The van der Waals surface area contributed by atoms with Crippen LogP contribution >= 0.6 is 11.3 Å². The molecule has 0 spiro atoms. The van der Waals surface area contributed by atoms with Gasteiger partial charge >= 0.3 is 6.03 Å². The zero-order valence-corrected chi connectivity index (χ0v) is 12.1. The van der Waals surface area contributed by atoms with Gasteiger partial charge in [-0.2, -0.15) is 0 Å². The Balaban J connectivity index is 1.77. The van der Waals surface area contributed by atoms with Crippen LogP contribution in [0.15, 0.2) is 29.8 Å². The van der Waals surface area contributed by atoms with Crippen LogP contribution < -0.4 is 5.32 Å². The van der Waals surface area contributed by atoms with Gasteiger partial charge in [0.25, 0.3) is 0 Å². The Morgan fingerprint density at radius 2 is 2.14 bits per heavy atom. The van der Waals surface area contributed by atoms with Gasteiger partial charge in [0.15, 0.2) is 0 Å². The summed E-state index contributed by atoms with van der Waals surface area (Å²) >= 11 is 1.28. The van der Waals surface area contributed by atoms with Crippen LogP contribution in [0.4, 0.5) is 14.3 Å². The number of hydrogen-bond acceptors (Lipinski definition) is 4. The maximum absolute atomic E-state index is 13.1. The van der Waals surface area contributed by atoms with Gasteiger partial charge in [-0.05, 0) is 37.0 Å². The Hall–Kier alpha value is -2.02. The number of urea groups is 1. The van der Waals surface area contributed by atoms with E-state index in [-0.39, 0.29) is 17.9 Å². The lowest BCUT2D eigenvalue weighted by atomic mass is 9.95. The Labute approximate surface area is 125 Å². The van der Waals surface area contributed by atoms with Crippen LogP contribution in [0.25, 0.3) is 0 Å². The van der Waals surface area contributed by atoms with Crippen molar-refractivity contribution in [3.05, 3.63) is 41.2 Å². The predicted molar refractivity (Wildman–Crippen MR) is 78.6 cm³/mol. The monoisotopic (exact) mass is 306 g/mol. The van der Waals surface area contributed by atoms with Crippen molar-refractivity contribution in [1.82, 2.24) is 15.1 Å². The van der Waals surface area contributed by atoms with Crippen LogP contribution in [-0.2, 0) is 0 Å². The van der Waals surface area contributed by atoms with E-state index in [1.807, 2.05) is 0 Å². The predicted octanol–water partition coefficient (Wildman–Crippen LogP) is 3.44. The number of aromatic nitrogens is 2. The molecule has 1 aliphatic rings. The fraction of sp³-hybridized carbons (Fsp3) is 0.357. The third kappa shape index (κ3) is 3.18. The number of benzene rings is 1. The van der Waals surface area contributed by atoms with Crippen molar-refractivity contribution in [1.29, 1.82) is 0 Å². The van der Waals surface area contributed by atoms with Crippen molar-refractivity contribution >= 4 is 22.5 Å². The zero-order chi connectivity index (χ0) is 14.7. The van der Waals surface area contributed by atoms with Crippen LogP contribution in [0.1, 0.15) is 30.9 Å². The minimum Gasteiger partial charge on any atom is -0.317 e. The van der Waals surface area contributed by atoms with Crippen molar-refractivity contribution in [2.45, 2.75) is 25.3 Å². The highest BCUT2D eigenvalue weighted by atomic mass is 32.1. The highest BCUT2D eigenvalue weighted by Gasteiger charge is 2.28. The van der Waals surface area contributed by atoms with Gasteiger partial charge in [-0.25, -0.2) is 9.18 Å². The fourth-order valence-corrected chi connectivity index (χ4v) is 3.03. The lowest BCUT2D eigenvalue weighted by molar-refractivity contribution is 0.163. The summed E-state index contributed by atoms with van der Waals surface area (Å²) in [5, 5.41) is 10.8. The Bertz CT molecular complexity index is 602. The number of rotatable bonds is 2. The zero-order valence-electron chi connectivity index (χ0n) is 11.3. The molecular weight excluding hydrogens is 291 g/mol. The van der Waals surface area contributed by atoms with E-state index in [2.05, 4.69) is 15.5 Å². The summed E-state index contributed by atoms with van der Waals surface area (Å²) in [5.41, 5.74) is 2.53. The summed E-state index contributed by atoms with van der Waals surface area (Å²) in [4.78, 5) is 14.2. The molecule has 2 aromatic rings. The molecule has 1 aromatic heterocycles. The molecule has 0 saturated carbocycles. The van der Waals surface area contributed by atoms with Gasteiger partial charge in [0.1, 0.15) is 11.3 Å². The van der Waals surface area contributed by atoms with Crippen LogP contribution in [0.5, 0.6) is 0 Å². The quantitative estimate of drug-likeness (QED) is 0.924. The second-order valence-electron chi connectivity index (χ2n) is 4.93. The average Bonchev–Trinajstić information content (AvgIpc) is 3.01. The van der Waals surface area contributed by atoms with E-state index in [0.717, 1.165) is 24.8 Å². The van der Waals surface area contributed by atoms with Gasteiger partial charge in [0.05, 0.1) is 6.04 Å². The summed E-state index contributed by atoms with van der Waals surface area (Å²) in [6.07, 6.45) is 2.92. The van der Waals surface area contributed by atoms with Crippen LogP contribution in [0.3, 0.4) is 0 Å². The Morgan fingerprint density at radius 1 is 1.33 bits per heavy atom. The number of nitrogens with one attached hydrogen (secondary N) is 1. The van der Waals surface area contributed by atoms with E-state index in [1.54, 1.807) is 22.5 Å². The first-order valence-corrected chi connectivity index (χ1v) is 7.71. The molecule has 1 aromatic carbocycles. The maximum atomic E-state index is 13.1. The number of anilines is 1. The van der Waals surface area contributed by atoms with Gasteiger partial charge in [0.2, 0.25) is 5.13 Å². The van der Waals surface area contributed by atoms with E-state index in [9.17, 15) is 9.18 Å². The summed E-state index contributed by atoms with van der Waals surface area (Å²) in [6.45, 7) is 0.687. The molecule has 2 heterocycles. The first-order chi connectivity index (χ1) is 10.2. The lowest BCUT2D eigenvalue weighted by Gasteiger charge is -2.35. The number of amides is 2. The largest absolute Gasteiger partial charge is 0.324 e. The maximum Gasteiger partial charge on any atom is 0.324 e. The van der Waals surface area contributed by atoms with E-state index < -0.39 is 0 Å². The van der Waals surface area contributed by atoms with Gasteiger partial charge in [-0.1, -0.05) is 23.5 Å². The van der Waals surface area contributed by atoms with Crippen LogP contribution in [0.2, 0.25) is 0 Å². The number of halogens is 1. The molecule has 0 unspecified atom stereocenters. The van der Waals surface area contributed by atoms with E-state index in [0.29, 0.717) is 11.7 Å². The molecule has 3 rings (SSSR count). The van der Waals surface area contributed by atoms with E-state index in [1.165, 1.54) is 23.5 Å². The van der Waals surface area contributed by atoms with Crippen molar-refractivity contribution < 1.29 is 9.18 Å². The normalized spacial score (nSPS) is 18.5. The first-order valence-electron chi connectivity index (χ1n) is 6.83. The van der Waals surface area contributed by atoms with Crippen molar-refractivity contribution in [2.75, 3.05) is 11.9 Å². The molecular formula is C14H15FN4OS. The number of nitrogens with zero attached hydrogens (tertiary/aromatic N) is 3.